The molecule has 0 aromatic carbocycles. The molecule has 6 nitrogen and oxygen atoms in total. The third-order valence-corrected chi connectivity index (χ3v) is 6.88. The molecule has 0 radical (unpaired) electrons. The van der Waals surface area contributed by atoms with Gasteiger partial charge in [-0.1, -0.05) is 0 Å². The van der Waals surface area contributed by atoms with Crippen molar-refractivity contribution in [2.24, 2.45) is 5.92 Å². The van der Waals surface area contributed by atoms with Crippen molar-refractivity contribution in [3.05, 3.63) is 41.5 Å². The number of aromatic nitrogens is 4. The van der Waals surface area contributed by atoms with Crippen molar-refractivity contribution in [1.29, 1.82) is 0 Å². The van der Waals surface area contributed by atoms with Crippen molar-refractivity contribution in [3.8, 4) is 17.0 Å². The van der Waals surface area contributed by atoms with Gasteiger partial charge in [0.05, 0.1) is 6.61 Å². The molecule has 1 saturated carbocycles. The Hall–Kier alpha value is -2.68. The molecular weight excluding hydrogens is 407 g/mol. The summed E-state index contributed by atoms with van der Waals surface area (Å²) in [5, 5.41) is 11.4. The number of alkyl halides is 3. The van der Waals surface area contributed by atoms with Crippen LogP contribution in [0.1, 0.15) is 42.6 Å². The molecule has 0 amide bonds. The Bertz CT molecular complexity index is 1160. The Morgan fingerprint density at radius 1 is 1.13 bits per heavy atom. The lowest BCUT2D eigenvalue weighted by molar-refractivity contribution is -0.136. The second-order valence-corrected chi connectivity index (χ2v) is 8.92. The molecule has 1 spiro atoms. The van der Waals surface area contributed by atoms with Gasteiger partial charge in [-0.25, -0.2) is 4.98 Å². The minimum atomic E-state index is -4.57. The van der Waals surface area contributed by atoms with Crippen LogP contribution in [0.3, 0.4) is 0 Å². The standard InChI is InChI=1S/C22H22F3N5O/c23-22(24,25)17-15(4-10-30-16(11-13-1-2-13)28-29-19(17)30)14-3-7-27-20-18(14)21(12-31-20)5-8-26-9-6-21/h3-4,7,10,13,26H,1-2,5-6,8-9,11-12H2. The molecule has 1 aliphatic carbocycles. The van der Waals surface area contributed by atoms with Crippen LogP contribution in [0.2, 0.25) is 0 Å². The van der Waals surface area contributed by atoms with Crippen molar-refractivity contribution in [2.75, 3.05) is 19.7 Å². The van der Waals surface area contributed by atoms with Crippen molar-refractivity contribution in [1.82, 2.24) is 24.9 Å². The van der Waals surface area contributed by atoms with Gasteiger partial charge in [0.25, 0.3) is 0 Å². The molecular formula is C22H22F3N5O. The molecule has 1 N–H and O–H groups in total. The van der Waals surface area contributed by atoms with E-state index < -0.39 is 11.7 Å². The molecule has 3 aromatic heterocycles. The van der Waals surface area contributed by atoms with E-state index in [2.05, 4.69) is 20.5 Å². The molecule has 0 bridgehead atoms. The average Bonchev–Trinajstić information content (AvgIpc) is 3.39. The zero-order valence-electron chi connectivity index (χ0n) is 16.9. The van der Waals surface area contributed by atoms with Crippen LogP contribution < -0.4 is 10.1 Å². The summed E-state index contributed by atoms with van der Waals surface area (Å²) in [4.78, 5) is 4.34. The number of nitrogens with zero attached hydrogens (tertiary/aromatic N) is 4. The van der Waals surface area contributed by atoms with Gasteiger partial charge in [0, 0.05) is 29.8 Å². The van der Waals surface area contributed by atoms with Gasteiger partial charge >= 0.3 is 6.18 Å². The number of fused-ring (bicyclic) bond motifs is 3. The highest BCUT2D eigenvalue weighted by Crippen LogP contribution is 2.50. The summed E-state index contributed by atoms with van der Waals surface area (Å²) >= 11 is 0. The van der Waals surface area contributed by atoms with Gasteiger partial charge in [0.15, 0.2) is 5.65 Å². The van der Waals surface area contributed by atoms with Gasteiger partial charge in [0.1, 0.15) is 11.4 Å². The summed E-state index contributed by atoms with van der Waals surface area (Å²) < 4.78 is 50.6. The second-order valence-electron chi connectivity index (χ2n) is 8.92. The fraction of sp³-hybridized carbons (Fsp3) is 0.500. The number of nitrogens with one attached hydrogen (secondary N) is 1. The molecule has 31 heavy (non-hydrogen) atoms. The van der Waals surface area contributed by atoms with E-state index in [9.17, 15) is 13.2 Å². The lowest BCUT2D eigenvalue weighted by Crippen LogP contribution is -2.41. The Morgan fingerprint density at radius 2 is 1.94 bits per heavy atom. The van der Waals surface area contributed by atoms with Gasteiger partial charge in [-0.05, 0) is 68.0 Å². The first kappa shape index (κ1) is 19.0. The third-order valence-electron chi connectivity index (χ3n) is 6.88. The van der Waals surface area contributed by atoms with E-state index in [1.165, 1.54) is 10.6 Å². The summed E-state index contributed by atoms with van der Waals surface area (Å²) in [6.07, 6.45) is 3.09. The van der Waals surface area contributed by atoms with Crippen LogP contribution in [-0.4, -0.2) is 39.3 Å². The summed E-state index contributed by atoms with van der Waals surface area (Å²) in [7, 11) is 0. The maximum atomic E-state index is 14.4. The van der Waals surface area contributed by atoms with E-state index in [1.807, 2.05) is 0 Å². The average molecular weight is 429 g/mol. The highest BCUT2D eigenvalue weighted by atomic mass is 19.4. The first-order chi connectivity index (χ1) is 15.0. The predicted molar refractivity (Wildman–Crippen MR) is 107 cm³/mol. The van der Waals surface area contributed by atoms with Crippen molar-refractivity contribution >= 4 is 5.65 Å². The predicted octanol–water partition coefficient (Wildman–Crippen LogP) is 3.78. The van der Waals surface area contributed by atoms with Crippen molar-refractivity contribution in [3.63, 3.8) is 0 Å². The summed E-state index contributed by atoms with van der Waals surface area (Å²) in [5.74, 6) is 1.54. The highest BCUT2D eigenvalue weighted by Gasteiger charge is 2.46. The maximum absolute atomic E-state index is 14.4. The molecule has 162 valence electrons. The van der Waals surface area contributed by atoms with E-state index in [1.54, 1.807) is 18.3 Å². The molecule has 3 aliphatic rings. The number of halogens is 3. The molecule has 2 fully saturated rings. The number of hydrogen-bond acceptors (Lipinski definition) is 5. The van der Waals surface area contributed by atoms with E-state index >= 15 is 0 Å². The van der Waals surface area contributed by atoms with E-state index in [0.717, 1.165) is 44.3 Å². The summed E-state index contributed by atoms with van der Waals surface area (Å²) in [6.45, 7) is 2.06. The zero-order valence-corrected chi connectivity index (χ0v) is 16.9. The van der Waals surface area contributed by atoms with E-state index in [-0.39, 0.29) is 16.6 Å². The largest absolute Gasteiger partial charge is 0.476 e. The summed E-state index contributed by atoms with van der Waals surface area (Å²) in [6, 6.07) is 3.23. The first-order valence-corrected chi connectivity index (χ1v) is 10.7. The van der Waals surface area contributed by atoms with E-state index in [4.69, 9.17) is 4.74 Å². The second kappa shape index (κ2) is 6.66. The van der Waals surface area contributed by atoms with Crippen LogP contribution in [0.25, 0.3) is 16.8 Å². The van der Waals surface area contributed by atoms with Gasteiger partial charge in [-0.3, -0.25) is 4.40 Å². The van der Waals surface area contributed by atoms with Crippen LogP contribution in [-0.2, 0) is 18.0 Å². The highest BCUT2D eigenvalue weighted by molar-refractivity contribution is 5.79. The third kappa shape index (κ3) is 3.01. The minimum Gasteiger partial charge on any atom is -0.476 e. The fourth-order valence-corrected chi connectivity index (χ4v) is 5.09. The molecule has 3 aromatic rings. The van der Waals surface area contributed by atoms with Crippen LogP contribution in [0.15, 0.2) is 24.5 Å². The van der Waals surface area contributed by atoms with Crippen molar-refractivity contribution in [2.45, 2.75) is 43.7 Å². The normalized spacial score (nSPS) is 20.2. The number of ether oxygens (including phenoxy) is 1. The smallest absolute Gasteiger partial charge is 0.420 e. The molecule has 5 heterocycles. The van der Waals surface area contributed by atoms with Crippen LogP contribution in [0, 0.1) is 5.92 Å². The maximum Gasteiger partial charge on any atom is 0.420 e. The number of pyridine rings is 2. The van der Waals surface area contributed by atoms with Gasteiger partial charge < -0.3 is 10.1 Å². The number of piperidine rings is 1. The Labute approximate surface area is 176 Å². The molecule has 2 aliphatic heterocycles. The van der Waals surface area contributed by atoms with Crippen LogP contribution in [0.4, 0.5) is 13.2 Å². The van der Waals surface area contributed by atoms with E-state index in [0.29, 0.717) is 36.2 Å². The molecule has 1 saturated heterocycles. The quantitative estimate of drug-likeness (QED) is 0.687. The Kier molecular flexibility index (Phi) is 4.09. The van der Waals surface area contributed by atoms with Crippen molar-refractivity contribution < 1.29 is 17.9 Å². The Balaban J connectivity index is 1.57. The SMILES string of the molecule is FC(F)(F)c1c(-c2ccnc3c2C2(CCNCC2)CO3)ccn2c(CC3CC3)nnc12. The molecule has 0 atom stereocenters. The van der Waals surface area contributed by atoms with Gasteiger partial charge in [-0.15, -0.1) is 10.2 Å². The van der Waals surface area contributed by atoms with Gasteiger partial charge in [0.2, 0.25) is 5.88 Å². The fourth-order valence-electron chi connectivity index (χ4n) is 5.09. The van der Waals surface area contributed by atoms with Crippen LogP contribution >= 0.6 is 0 Å². The molecule has 6 rings (SSSR count). The molecule has 0 unspecified atom stereocenters. The zero-order chi connectivity index (χ0) is 21.2. The van der Waals surface area contributed by atoms with Gasteiger partial charge in [-0.2, -0.15) is 13.2 Å². The lowest BCUT2D eigenvalue weighted by atomic mass is 9.72. The Morgan fingerprint density at radius 3 is 2.68 bits per heavy atom. The summed E-state index contributed by atoms with van der Waals surface area (Å²) in [5.41, 5.74) is 0.255. The lowest BCUT2D eigenvalue weighted by Gasteiger charge is -2.33. The topological polar surface area (TPSA) is 64.3 Å². The van der Waals surface area contributed by atoms with Crippen LogP contribution in [0.5, 0.6) is 5.88 Å². The number of rotatable bonds is 3. The number of hydrogen-bond donors (Lipinski definition) is 1. The first-order valence-electron chi connectivity index (χ1n) is 10.7. The monoisotopic (exact) mass is 429 g/mol. The molecule has 9 heteroatoms. The minimum absolute atomic E-state index is 0.118.